The third-order valence-corrected chi connectivity index (χ3v) is 0.873. The fourth-order valence-electron chi connectivity index (χ4n) is 0.499. The largest absolute Gasteiger partial charge is 0.242 e. The Kier molecular flexibility index (Phi) is 1.37. The number of nitrogens with zero attached hydrogens (tertiary/aromatic N) is 1. The van der Waals surface area contributed by atoms with Gasteiger partial charge < -0.3 is 0 Å². The lowest BCUT2D eigenvalue weighted by atomic mass is 10.2. The molecule has 1 heterocycles. The van der Waals surface area contributed by atoms with E-state index in [1.54, 1.807) is 0 Å². The molecule has 0 radical (unpaired) electrons. The maximum absolute atomic E-state index is 12.0. The maximum Gasteiger partial charge on any atom is 0.192 e. The van der Waals surface area contributed by atoms with E-state index in [9.17, 15) is 8.78 Å². The zero-order valence-electron chi connectivity index (χ0n) is 4.14. The molecule has 0 saturated carbocycles. The van der Waals surface area contributed by atoms with Crippen LogP contribution in [0.25, 0.3) is 0 Å². The summed E-state index contributed by atoms with van der Waals surface area (Å²) in [7, 11) is 0. The van der Waals surface area contributed by atoms with E-state index in [-0.39, 0.29) is 6.42 Å². The van der Waals surface area contributed by atoms with Gasteiger partial charge in [-0.15, -0.1) is 0 Å². The van der Waals surface area contributed by atoms with Crippen LogP contribution in [0.1, 0.15) is 6.42 Å². The molecule has 8 heavy (non-hydrogen) atoms. The Morgan fingerprint density at radius 3 is 2.88 bits per heavy atom. The lowest BCUT2D eigenvalue weighted by Crippen LogP contribution is -2.04. The number of hydrogen-bond acceptors (Lipinski definition) is 1. The van der Waals surface area contributed by atoms with Crippen LogP contribution >= 0.6 is 0 Å². The second-order valence-corrected chi connectivity index (χ2v) is 1.57. The first kappa shape index (κ1) is 5.41. The minimum absolute atomic E-state index is 0.198. The Balaban J connectivity index is 2.59. The molecule has 1 atom stereocenters. The number of allylic oxidation sites excluding steroid dienone is 1. The highest BCUT2D eigenvalue weighted by Crippen LogP contribution is 2.07. The number of alkyl halides is 1. The predicted octanol–water partition coefficient (Wildman–Crippen LogP) is 1.61. The molecule has 0 aromatic heterocycles. The van der Waals surface area contributed by atoms with Crippen LogP contribution in [-0.2, 0) is 0 Å². The van der Waals surface area contributed by atoms with Crippen molar-refractivity contribution in [2.45, 2.75) is 12.6 Å². The van der Waals surface area contributed by atoms with Crippen LogP contribution in [0.3, 0.4) is 0 Å². The zero-order valence-corrected chi connectivity index (χ0v) is 4.14. The molecular formula is C5H5F2N. The highest BCUT2D eigenvalue weighted by Gasteiger charge is 2.09. The molecule has 3 heteroatoms. The molecule has 44 valence electrons. The smallest absolute Gasteiger partial charge is 0.192 e. The molecular weight excluding hydrogens is 112 g/mol. The van der Waals surface area contributed by atoms with E-state index in [0.29, 0.717) is 0 Å². The molecule has 1 rings (SSSR count). The van der Waals surface area contributed by atoms with Crippen LogP contribution < -0.4 is 0 Å². The van der Waals surface area contributed by atoms with Crippen LogP contribution in [0.4, 0.5) is 8.78 Å². The molecule has 1 nitrogen and oxygen atoms in total. The van der Waals surface area contributed by atoms with Gasteiger partial charge in [0.25, 0.3) is 0 Å². The third kappa shape index (κ3) is 1.12. The highest BCUT2D eigenvalue weighted by atomic mass is 19.1. The van der Waals surface area contributed by atoms with E-state index < -0.39 is 12.1 Å². The number of aliphatic imine (C=N–C) groups is 1. The van der Waals surface area contributed by atoms with Gasteiger partial charge in [-0.2, -0.15) is 4.39 Å². The van der Waals surface area contributed by atoms with Gasteiger partial charge in [-0.25, -0.2) is 9.38 Å². The highest BCUT2D eigenvalue weighted by molar-refractivity contribution is 5.77. The van der Waals surface area contributed by atoms with E-state index in [1.165, 1.54) is 6.08 Å². The maximum atomic E-state index is 12.0. The average molecular weight is 117 g/mol. The summed E-state index contributed by atoms with van der Waals surface area (Å²) in [6.45, 7) is 0. The number of hydrogen-bond donors (Lipinski definition) is 0. The van der Waals surface area contributed by atoms with Gasteiger partial charge in [0.2, 0.25) is 0 Å². The van der Waals surface area contributed by atoms with E-state index in [0.717, 1.165) is 6.20 Å². The molecule has 0 aromatic rings. The molecule has 0 saturated heterocycles. The lowest BCUT2D eigenvalue weighted by Gasteiger charge is -2.01. The first-order valence-corrected chi connectivity index (χ1v) is 2.32. The van der Waals surface area contributed by atoms with Crippen molar-refractivity contribution in [1.82, 2.24) is 0 Å². The van der Waals surface area contributed by atoms with E-state index in [1.807, 2.05) is 0 Å². The van der Waals surface area contributed by atoms with Crippen LogP contribution in [-0.4, -0.2) is 12.1 Å². The second-order valence-electron chi connectivity index (χ2n) is 1.57. The third-order valence-electron chi connectivity index (χ3n) is 0.873. The Morgan fingerprint density at radius 2 is 2.50 bits per heavy atom. The molecule has 0 amide bonds. The second kappa shape index (κ2) is 2.03. The van der Waals surface area contributed by atoms with Crippen LogP contribution in [0.5, 0.6) is 0 Å². The Morgan fingerprint density at radius 1 is 1.75 bits per heavy atom. The molecule has 0 spiro atoms. The summed E-state index contributed by atoms with van der Waals surface area (Å²) in [4.78, 5) is 3.21. The van der Waals surface area contributed by atoms with Crippen molar-refractivity contribution < 1.29 is 8.78 Å². The van der Waals surface area contributed by atoms with Crippen molar-refractivity contribution in [1.29, 1.82) is 0 Å². The molecule has 0 aliphatic carbocycles. The molecule has 1 aliphatic rings. The van der Waals surface area contributed by atoms with Crippen LogP contribution in [0.2, 0.25) is 0 Å². The van der Waals surface area contributed by atoms with Crippen molar-refractivity contribution >= 4 is 5.97 Å². The van der Waals surface area contributed by atoms with Crippen molar-refractivity contribution in [3.05, 3.63) is 12.3 Å². The molecule has 0 N–H and O–H groups in total. The van der Waals surface area contributed by atoms with Crippen molar-refractivity contribution in [3.8, 4) is 0 Å². The first-order valence-electron chi connectivity index (χ1n) is 2.32. The van der Waals surface area contributed by atoms with Gasteiger partial charge in [0, 0.05) is 6.20 Å². The summed E-state index contributed by atoms with van der Waals surface area (Å²) in [5.74, 6) is -0.625. The van der Waals surface area contributed by atoms with Gasteiger partial charge in [0.05, 0.1) is 6.42 Å². The monoisotopic (exact) mass is 117 g/mol. The van der Waals surface area contributed by atoms with Gasteiger partial charge in [-0.1, -0.05) is 0 Å². The molecule has 0 fully saturated rings. The van der Waals surface area contributed by atoms with E-state index in [2.05, 4.69) is 4.99 Å². The van der Waals surface area contributed by atoms with Gasteiger partial charge in [0.15, 0.2) is 5.97 Å². The summed E-state index contributed by atoms with van der Waals surface area (Å²) >= 11 is 0. The van der Waals surface area contributed by atoms with E-state index in [4.69, 9.17) is 0 Å². The summed E-state index contributed by atoms with van der Waals surface area (Å²) in [5.41, 5.74) is 0. The normalized spacial score (nSPS) is 27.8. The minimum atomic E-state index is -1.17. The summed E-state index contributed by atoms with van der Waals surface area (Å²) in [6.07, 6.45) is 0.996. The SMILES string of the molecule is FC1=NC=CC(F)C1. The first-order chi connectivity index (χ1) is 3.79. The average Bonchev–Trinajstić information content (AvgIpc) is 1.64. The number of rotatable bonds is 0. The number of halogens is 2. The zero-order chi connectivity index (χ0) is 5.98. The summed E-state index contributed by atoms with van der Waals surface area (Å²) in [6, 6.07) is 0. The molecule has 1 aliphatic heterocycles. The standard InChI is InChI=1S/C5H5F2N/c6-4-1-2-8-5(7)3-4/h1-2,4H,3H2. The van der Waals surface area contributed by atoms with Crippen molar-refractivity contribution in [3.63, 3.8) is 0 Å². The van der Waals surface area contributed by atoms with Gasteiger partial charge in [-0.3, -0.25) is 0 Å². The molecule has 0 bridgehead atoms. The molecule has 0 aromatic carbocycles. The quantitative estimate of drug-likeness (QED) is 0.457. The van der Waals surface area contributed by atoms with E-state index >= 15 is 0 Å². The van der Waals surface area contributed by atoms with Crippen LogP contribution in [0.15, 0.2) is 17.3 Å². The predicted molar refractivity (Wildman–Crippen MR) is 27.2 cm³/mol. The Labute approximate surface area is 45.7 Å². The Bertz CT molecular complexity index is 139. The van der Waals surface area contributed by atoms with Gasteiger partial charge in [-0.05, 0) is 6.08 Å². The lowest BCUT2D eigenvalue weighted by molar-refractivity contribution is 0.399. The van der Waals surface area contributed by atoms with Crippen molar-refractivity contribution in [2.75, 3.05) is 0 Å². The summed E-state index contributed by atoms with van der Waals surface area (Å²) < 4.78 is 23.9. The van der Waals surface area contributed by atoms with Gasteiger partial charge in [0.1, 0.15) is 6.17 Å². The minimum Gasteiger partial charge on any atom is -0.242 e. The fourth-order valence-corrected chi connectivity index (χ4v) is 0.499. The topological polar surface area (TPSA) is 12.4 Å². The molecule has 1 unspecified atom stereocenters. The van der Waals surface area contributed by atoms with Gasteiger partial charge >= 0.3 is 0 Å². The van der Waals surface area contributed by atoms with Crippen LogP contribution in [0, 0.1) is 0 Å². The Hall–Kier alpha value is -0.730. The van der Waals surface area contributed by atoms with Crippen molar-refractivity contribution in [2.24, 2.45) is 4.99 Å². The summed E-state index contributed by atoms with van der Waals surface area (Å²) in [5, 5.41) is 0. The fraction of sp³-hybridized carbons (Fsp3) is 0.400.